The normalized spacial score (nSPS) is 10.6. The molecule has 0 spiro atoms. The first-order valence-corrected chi connectivity index (χ1v) is 7.05. The third-order valence-electron chi connectivity index (χ3n) is 3.51. The number of hydrogen-bond acceptors (Lipinski definition) is 3. The highest BCUT2D eigenvalue weighted by molar-refractivity contribution is 5.59. The van der Waals surface area contributed by atoms with Crippen LogP contribution in [0.25, 0.3) is 0 Å². The monoisotopic (exact) mass is 273 g/mol. The molecule has 0 atom stereocenters. The van der Waals surface area contributed by atoms with E-state index in [2.05, 4.69) is 47.8 Å². The van der Waals surface area contributed by atoms with E-state index in [1.807, 2.05) is 12.4 Å². The molecular formula is C16H23N3O. The van der Waals surface area contributed by atoms with E-state index in [9.17, 15) is 0 Å². The fourth-order valence-corrected chi connectivity index (χ4v) is 2.46. The minimum absolute atomic E-state index is 0.722. The molecule has 0 aliphatic heterocycles. The van der Waals surface area contributed by atoms with Crippen molar-refractivity contribution in [2.24, 2.45) is 0 Å². The van der Waals surface area contributed by atoms with Gasteiger partial charge in [-0.2, -0.15) is 0 Å². The minimum atomic E-state index is 0.722. The van der Waals surface area contributed by atoms with E-state index >= 15 is 0 Å². The third-order valence-corrected chi connectivity index (χ3v) is 3.51. The van der Waals surface area contributed by atoms with E-state index in [1.165, 1.54) is 0 Å². The van der Waals surface area contributed by atoms with Crippen LogP contribution < -0.4 is 10.1 Å². The highest BCUT2D eigenvalue weighted by Gasteiger charge is 2.08. The van der Waals surface area contributed by atoms with Crippen molar-refractivity contribution >= 4 is 5.69 Å². The van der Waals surface area contributed by atoms with Gasteiger partial charge >= 0.3 is 0 Å². The van der Waals surface area contributed by atoms with E-state index in [0.29, 0.717) is 0 Å². The molecule has 1 heterocycles. The zero-order chi connectivity index (χ0) is 14.5. The summed E-state index contributed by atoms with van der Waals surface area (Å²) in [6, 6.07) is 4.17. The summed E-state index contributed by atoms with van der Waals surface area (Å²) in [4.78, 5) is 4.41. The summed E-state index contributed by atoms with van der Waals surface area (Å²) in [5, 5.41) is 3.45. The molecule has 0 saturated carbocycles. The summed E-state index contributed by atoms with van der Waals surface area (Å²) in [5.74, 6) is 2.01. The van der Waals surface area contributed by atoms with Crippen molar-refractivity contribution in [3.8, 4) is 5.75 Å². The molecule has 1 aromatic heterocycles. The van der Waals surface area contributed by atoms with Crippen molar-refractivity contribution < 1.29 is 4.74 Å². The number of methoxy groups -OCH3 is 1. The Morgan fingerprint density at radius 3 is 2.80 bits per heavy atom. The smallest absolute Gasteiger partial charge is 0.128 e. The third kappa shape index (κ3) is 2.95. The second kappa shape index (κ2) is 6.46. The molecular weight excluding hydrogens is 250 g/mol. The highest BCUT2D eigenvalue weighted by Crippen LogP contribution is 2.29. The fourth-order valence-electron chi connectivity index (χ4n) is 2.46. The predicted molar refractivity (Wildman–Crippen MR) is 82.3 cm³/mol. The van der Waals surface area contributed by atoms with Crippen LogP contribution in [0.15, 0.2) is 24.5 Å². The number of ether oxygens (including phenoxy) is 1. The van der Waals surface area contributed by atoms with E-state index in [4.69, 9.17) is 4.74 Å². The Morgan fingerprint density at radius 2 is 2.10 bits per heavy atom. The molecule has 108 valence electrons. The van der Waals surface area contributed by atoms with Gasteiger partial charge in [0.1, 0.15) is 11.6 Å². The number of nitrogens with one attached hydrogen (secondary N) is 1. The van der Waals surface area contributed by atoms with Gasteiger partial charge < -0.3 is 14.6 Å². The molecule has 2 aromatic rings. The van der Waals surface area contributed by atoms with Gasteiger partial charge in [0.05, 0.1) is 13.7 Å². The number of benzene rings is 1. The molecule has 0 unspecified atom stereocenters. The maximum atomic E-state index is 5.45. The number of anilines is 1. The van der Waals surface area contributed by atoms with Crippen LogP contribution in [0.5, 0.6) is 5.75 Å². The lowest BCUT2D eigenvalue weighted by atomic mass is 10.1. The van der Waals surface area contributed by atoms with Crippen LogP contribution in [-0.2, 0) is 13.1 Å². The molecule has 0 amide bonds. The summed E-state index contributed by atoms with van der Waals surface area (Å²) < 4.78 is 7.64. The first kappa shape index (κ1) is 14.4. The molecule has 2 rings (SSSR count). The molecule has 1 N–H and O–H groups in total. The fraction of sp³-hybridized carbons (Fsp3) is 0.438. The second-order valence-electron chi connectivity index (χ2n) is 4.98. The molecule has 0 radical (unpaired) electrons. The van der Waals surface area contributed by atoms with Crippen molar-refractivity contribution in [3.05, 3.63) is 41.5 Å². The SMILES string of the molecule is CCCn1ccnc1CNc1ccc(C)c(OC)c1C. The summed E-state index contributed by atoms with van der Waals surface area (Å²) >= 11 is 0. The Hall–Kier alpha value is -1.97. The predicted octanol–water partition coefficient (Wildman–Crippen LogP) is 3.53. The molecule has 0 bridgehead atoms. The topological polar surface area (TPSA) is 39.1 Å². The van der Waals surface area contributed by atoms with Crippen LogP contribution in [0.4, 0.5) is 5.69 Å². The number of imidazole rings is 1. The van der Waals surface area contributed by atoms with E-state index in [-0.39, 0.29) is 0 Å². The van der Waals surface area contributed by atoms with Gasteiger partial charge in [-0.15, -0.1) is 0 Å². The van der Waals surface area contributed by atoms with Gasteiger partial charge in [-0.1, -0.05) is 13.0 Å². The average molecular weight is 273 g/mol. The van der Waals surface area contributed by atoms with Crippen LogP contribution in [0.2, 0.25) is 0 Å². The first-order valence-electron chi connectivity index (χ1n) is 7.05. The van der Waals surface area contributed by atoms with Crippen LogP contribution in [0.1, 0.15) is 30.3 Å². The molecule has 1 aromatic carbocycles. The number of rotatable bonds is 6. The number of aryl methyl sites for hydroxylation is 2. The van der Waals surface area contributed by atoms with Gasteiger partial charge in [0.25, 0.3) is 0 Å². The largest absolute Gasteiger partial charge is 0.496 e. The zero-order valence-corrected chi connectivity index (χ0v) is 12.7. The Morgan fingerprint density at radius 1 is 1.30 bits per heavy atom. The quantitative estimate of drug-likeness (QED) is 0.875. The standard InChI is InChI=1S/C16H23N3O/c1-5-9-19-10-8-17-15(19)11-18-14-7-6-12(2)16(20-4)13(14)3/h6-8,10,18H,5,9,11H2,1-4H3. The van der Waals surface area contributed by atoms with Crippen LogP contribution >= 0.6 is 0 Å². The minimum Gasteiger partial charge on any atom is -0.496 e. The van der Waals surface area contributed by atoms with Crippen LogP contribution in [0, 0.1) is 13.8 Å². The van der Waals surface area contributed by atoms with Crippen molar-refractivity contribution in [1.29, 1.82) is 0 Å². The lowest BCUT2D eigenvalue weighted by Crippen LogP contribution is -2.09. The molecule has 0 fully saturated rings. The average Bonchev–Trinajstić information content (AvgIpc) is 2.86. The first-order chi connectivity index (χ1) is 9.67. The van der Waals surface area contributed by atoms with E-state index in [0.717, 1.165) is 47.9 Å². The van der Waals surface area contributed by atoms with Crippen molar-refractivity contribution in [1.82, 2.24) is 9.55 Å². The molecule has 4 heteroatoms. The molecule has 0 aliphatic carbocycles. The molecule has 0 saturated heterocycles. The maximum absolute atomic E-state index is 5.45. The summed E-state index contributed by atoms with van der Waals surface area (Å²) in [5.41, 5.74) is 3.39. The van der Waals surface area contributed by atoms with E-state index in [1.54, 1.807) is 7.11 Å². The summed E-state index contributed by atoms with van der Waals surface area (Å²) in [6.45, 7) is 8.04. The lowest BCUT2D eigenvalue weighted by Gasteiger charge is -2.15. The van der Waals surface area contributed by atoms with Gasteiger partial charge in [-0.05, 0) is 31.9 Å². The lowest BCUT2D eigenvalue weighted by molar-refractivity contribution is 0.409. The van der Waals surface area contributed by atoms with Crippen molar-refractivity contribution in [2.45, 2.75) is 40.3 Å². The van der Waals surface area contributed by atoms with Gasteiger partial charge in [-0.3, -0.25) is 0 Å². The second-order valence-corrected chi connectivity index (χ2v) is 4.98. The number of nitrogens with zero attached hydrogens (tertiary/aromatic N) is 2. The Labute approximate surface area is 120 Å². The Bertz CT molecular complexity index is 575. The number of aromatic nitrogens is 2. The highest BCUT2D eigenvalue weighted by atomic mass is 16.5. The Kier molecular flexibility index (Phi) is 4.66. The summed E-state index contributed by atoms with van der Waals surface area (Å²) in [6.07, 6.45) is 5.00. The van der Waals surface area contributed by atoms with Gasteiger partial charge in [0, 0.05) is 30.2 Å². The van der Waals surface area contributed by atoms with Crippen LogP contribution in [-0.4, -0.2) is 16.7 Å². The van der Waals surface area contributed by atoms with Gasteiger partial charge in [-0.25, -0.2) is 4.98 Å². The van der Waals surface area contributed by atoms with Crippen molar-refractivity contribution in [2.75, 3.05) is 12.4 Å². The maximum Gasteiger partial charge on any atom is 0.128 e. The van der Waals surface area contributed by atoms with Crippen LogP contribution in [0.3, 0.4) is 0 Å². The van der Waals surface area contributed by atoms with Crippen molar-refractivity contribution in [3.63, 3.8) is 0 Å². The molecule has 4 nitrogen and oxygen atoms in total. The molecule has 0 aliphatic rings. The zero-order valence-electron chi connectivity index (χ0n) is 12.7. The van der Waals surface area contributed by atoms with Gasteiger partial charge in [0.2, 0.25) is 0 Å². The van der Waals surface area contributed by atoms with Gasteiger partial charge in [0.15, 0.2) is 0 Å². The summed E-state index contributed by atoms with van der Waals surface area (Å²) in [7, 11) is 1.72. The number of hydrogen-bond donors (Lipinski definition) is 1. The molecule has 20 heavy (non-hydrogen) atoms. The van der Waals surface area contributed by atoms with E-state index < -0.39 is 0 Å². The Balaban J connectivity index is 2.13.